The lowest BCUT2D eigenvalue weighted by atomic mass is 10.1. The summed E-state index contributed by atoms with van der Waals surface area (Å²) in [6, 6.07) is -0.134. The molecule has 0 bridgehead atoms. The zero-order valence-corrected chi connectivity index (χ0v) is 14.1. The van der Waals surface area contributed by atoms with Crippen molar-refractivity contribution in [1.82, 2.24) is 19.4 Å². The van der Waals surface area contributed by atoms with E-state index in [0.29, 0.717) is 5.13 Å². The molecule has 0 aliphatic heterocycles. The minimum Gasteiger partial charge on any atom is -0.338 e. The third kappa shape index (κ3) is 4.38. The first-order valence-electron chi connectivity index (χ1n) is 7.48. The van der Waals surface area contributed by atoms with E-state index in [9.17, 15) is 4.79 Å². The second kappa shape index (κ2) is 8.05. The molecule has 22 heavy (non-hydrogen) atoms. The highest BCUT2D eigenvalue weighted by molar-refractivity contribution is 7.13. The van der Waals surface area contributed by atoms with E-state index in [0.717, 1.165) is 31.6 Å². The summed E-state index contributed by atoms with van der Waals surface area (Å²) in [7, 11) is 4.00. The molecule has 0 saturated heterocycles. The van der Waals surface area contributed by atoms with Gasteiger partial charge in [0, 0.05) is 37.4 Å². The second-order valence-electron chi connectivity index (χ2n) is 5.29. The van der Waals surface area contributed by atoms with E-state index in [2.05, 4.69) is 20.2 Å². The van der Waals surface area contributed by atoms with Gasteiger partial charge in [-0.1, -0.05) is 6.92 Å². The summed E-state index contributed by atoms with van der Waals surface area (Å²) in [6.45, 7) is 2.89. The lowest BCUT2D eigenvalue weighted by molar-refractivity contribution is -0.121. The molecule has 1 atom stereocenters. The quantitative estimate of drug-likeness (QED) is 0.809. The van der Waals surface area contributed by atoms with Crippen LogP contribution in [0.25, 0.3) is 0 Å². The monoisotopic (exact) mass is 321 g/mol. The van der Waals surface area contributed by atoms with Gasteiger partial charge in [-0.2, -0.15) is 0 Å². The molecule has 1 N–H and O–H groups in total. The van der Waals surface area contributed by atoms with Crippen molar-refractivity contribution in [3.63, 3.8) is 0 Å². The first kappa shape index (κ1) is 16.6. The van der Waals surface area contributed by atoms with Gasteiger partial charge in [0.25, 0.3) is 0 Å². The minimum absolute atomic E-state index is 0.0111. The number of nitrogens with one attached hydrogen (secondary N) is 1. The molecule has 7 heteroatoms. The Morgan fingerprint density at radius 1 is 1.45 bits per heavy atom. The molecule has 1 unspecified atom stereocenters. The van der Waals surface area contributed by atoms with Gasteiger partial charge < -0.3 is 9.88 Å². The van der Waals surface area contributed by atoms with E-state index in [1.54, 1.807) is 6.20 Å². The van der Waals surface area contributed by atoms with E-state index >= 15 is 0 Å². The maximum absolute atomic E-state index is 12.3. The Morgan fingerprint density at radius 2 is 2.27 bits per heavy atom. The SMILES string of the molecule is CCC(C(=O)Nc1nccs1)N(C)CCCc1nccn1C. The summed E-state index contributed by atoms with van der Waals surface area (Å²) in [4.78, 5) is 22.8. The fourth-order valence-electron chi connectivity index (χ4n) is 2.45. The third-order valence-corrected chi connectivity index (χ3v) is 4.40. The van der Waals surface area contributed by atoms with Crippen LogP contribution in [0.4, 0.5) is 5.13 Å². The number of anilines is 1. The summed E-state index contributed by atoms with van der Waals surface area (Å²) >= 11 is 1.44. The lowest BCUT2D eigenvalue weighted by Crippen LogP contribution is -2.42. The van der Waals surface area contributed by atoms with Gasteiger partial charge in [-0.15, -0.1) is 11.3 Å². The Morgan fingerprint density at radius 3 is 2.86 bits per heavy atom. The van der Waals surface area contributed by atoms with Crippen molar-refractivity contribution in [2.24, 2.45) is 7.05 Å². The van der Waals surface area contributed by atoms with Gasteiger partial charge >= 0.3 is 0 Å². The topological polar surface area (TPSA) is 63.1 Å². The van der Waals surface area contributed by atoms with Crippen LogP contribution in [0.2, 0.25) is 0 Å². The molecule has 0 fully saturated rings. The van der Waals surface area contributed by atoms with Crippen LogP contribution in [0.15, 0.2) is 24.0 Å². The number of thiazole rings is 1. The molecule has 2 aromatic heterocycles. The number of hydrogen-bond acceptors (Lipinski definition) is 5. The summed E-state index contributed by atoms with van der Waals surface area (Å²) in [5.74, 6) is 1.09. The summed E-state index contributed by atoms with van der Waals surface area (Å²) in [5, 5.41) is 5.39. The van der Waals surface area contributed by atoms with Crippen molar-refractivity contribution in [1.29, 1.82) is 0 Å². The maximum Gasteiger partial charge on any atom is 0.243 e. The Balaban J connectivity index is 1.81. The highest BCUT2D eigenvalue weighted by Gasteiger charge is 2.21. The zero-order chi connectivity index (χ0) is 15.9. The average molecular weight is 321 g/mol. The Bertz CT molecular complexity index is 581. The Hall–Kier alpha value is -1.73. The molecule has 0 aromatic carbocycles. The minimum atomic E-state index is -0.134. The van der Waals surface area contributed by atoms with E-state index in [1.807, 2.05) is 43.4 Å². The smallest absolute Gasteiger partial charge is 0.243 e. The molecule has 0 aliphatic carbocycles. The van der Waals surface area contributed by atoms with Gasteiger partial charge in [0.2, 0.25) is 5.91 Å². The van der Waals surface area contributed by atoms with Gasteiger partial charge in [-0.3, -0.25) is 9.69 Å². The Kier molecular flexibility index (Phi) is 6.09. The number of nitrogens with zero attached hydrogens (tertiary/aromatic N) is 4. The highest BCUT2D eigenvalue weighted by atomic mass is 32.1. The molecule has 0 spiro atoms. The van der Waals surface area contributed by atoms with Crippen molar-refractivity contribution in [2.75, 3.05) is 18.9 Å². The third-order valence-electron chi connectivity index (χ3n) is 3.72. The van der Waals surface area contributed by atoms with Crippen LogP contribution in [0.1, 0.15) is 25.6 Å². The number of carbonyl (C=O) groups is 1. The van der Waals surface area contributed by atoms with Gasteiger partial charge in [-0.25, -0.2) is 9.97 Å². The molecule has 0 saturated carbocycles. The standard InChI is InChI=1S/C15H23N5OS/c1-4-12(14(21)18-15-17-8-11-22-15)19(2)9-5-6-13-16-7-10-20(13)3/h7-8,10-12H,4-6,9H2,1-3H3,(H,17,18,21). The first-order chi connectivity index (χ1) is 10.6. The fourth-order valence-corrected chi connectivity index (χ4v) is 2.98. The molecule has 120 valence electrons. The lowest BCUT2D eigenvalue weighted by Gasteiger charge is -2.25. The Labute approximate surface area is 135 Å². The van der Waals surface area contributed by atoms with Crippen molar-refractivity contribution in [3.8, 4) is 0 Å². The molecular formula is C15H23N5OS. The zero-order valence-electron chi connectivity index (χ0n) is 13.3. The van der Waals surface area contributed by atoms with E-state index in [-0.39, 0.29) is 11.9 Å². The summed E-state index contributed by atoms with van der Waals surface area (Å²) in [6.07, 6.45) is 8.12. The maximum atomic E-state index is 12.3. The van der Waals surface area contributed by atoms with Crippen LogP contribution in [-0.4, -0.2) is 45.0 Å². The summed E-state index contributed by atoms with van der Waals surface area (Å²) in [5.41, 5.74) is 0. The molecular weight excluding hydrogens is 298 g/mol. The number of rotatable bonds is 8. The van der Waals surface area contributed by atoms with Gasteiger partial charge in [-0.05, 0) is 26.4 Å². The van der Waals surface area contributed by atoms with Crippen molar-refractivity contribution in [2.45, 2.75) is 32.2 Å². The van der Waals surface area contributed by atoms with Gasteiger partial charge in [0.05, 0.1) is 6.04 Å². The molecule has 2 aromatic rings. The molecule has 1 amide bonds. The number of amides is 1. The molecule has 6 nitrogen and oxygen atoms in total. The number of likely N-dealkylation sites (N-methyl/N-ethyl adjacent to an activating group) is 1. The molecule has 2 heterocycles. The van der Waals surface area contributed by atoms with E-state index in [4.69, 9.17) is 0 Å². The van der Waals surface area contributed by atoms with Crippen LogP contribution >= 0.6 is 11.3 Å². The molecule has 2 rings (SSSR count). The number of aryl methyl sites for hydroxylation is 2. The van der Waals surface area contributed by atoms with E-state index in [1.165, 1.54) is 11.3 Å². The van der Waals surface area contributed by atoms with Gasteiger partial charge in [0.15, 0.2) is 5.13 Å². The normalized spacial score (nSPS) is 12.5. The number of hydrogen-bond donors (Lipinski definition) is 1. The largest absolute Gasteiger partial charge is 0.338 e. The average Bonchev–Trinajstić information content (AvgIpc) is 3.12. The fraction of sp³-hybridized carbons (Fsp3) is 0.533. The number of aromatic nitrogens is 3. The van der Waals surface area contributed by atoms with Crippen molar-refractivity contribution < 1.29 is 4.79 Å². The van der Waals surface area contributed by atoms with Crippen molar-refractivity contribution >= 4 is 22.4 Å². The molecule has 0 aliphatic rings. The van der Waals surface area contributed by atoms with Crippen LogP contribution in [-0.2, 0) is 18.3 Å². The van der Waals surface area contributed by atoms with Gasteiger partial charge in [0.1, 0.15) is 5.82 Å². The van der Waals surface area contributed by atoms with E-state index < -0.39 is 0 Å². The molecule has 0 radical (unpaired) electrons. The number of carbonyl (C=O) groups excluding carboxylic acids is 1. The predicted octanol–water partition coefficient (Wildman–Crippen LogP) is 2.16. The predicted molar refractivity (Wildman–Crippen MR) is 89.0 cm³/mol. The summed E-state index contributed by atoms with van der Waals surface area (Å²) < 4.78 is 2.03. The number of imidazole rings is 1. The van der Waals surface area contributed by atoms with Crippen LogP contribution in [0, 0.1) is 0 Å². The van der Waals surface area contributed by atoms with Crippen LogP contribution < -0.4 is 5.32 Å². The highest BCUT2D eigenvalue weighted by Crippen LogP contribution is 2.13. The first-order valence-corrected chi connectivity index (χ1v) is 8.36. The van der Waals surface area contributed by atoms with Crippen LogP contribution in [0.5, 0.6) is 0 Å². The van der Waals surface area contributed by atoms with Crippen molar-refractivity contribution in [3.05, 3.63) is 29.8 Å². The van der Waals surface area contributed by atoms with Crippen LogP contribution in [0.3, 0.4) is 0 Å². The second-order valence-corrected chi connectivity index (χ2v) is 6.18.